The summed E-state index contributed by atoms with van der Waals surface area (Å²) in [6.45, 7) is 3.81. The third-order valence-corrected chi connectivity index (χ3v) is 5.20. The Labute approximate surface area is 160 Å². The van der Waals surface area contributed by atoms with Gasteiger partial charge in [-0.15, -0.1) is 0 Å². The van der Waals surface area contributed by atoms with E-state index in [2.05, 4.69) is 25.7 Å². The zero-order valence-electron chi connectivity index (χ0n) is 16.6. The molecule has 1 aromatic heterocycles. The lowest BCUT2D eigenvalue weighted by molar-refractivity contribution is 0.222. The van der Waals surface area contributed by atoms with Crippen LogP contribution in [-0.4, -0.2) is 30.3 Å². The molecule has 0 bridgehead atoms. The summed E-state index contributed by atoms with van der Waals surface area (Å²) in [5.74, 6) is 1.10. The molecular formula is C20H29N5O2. The van der Waals surface area contributed by atoms with E-state index < -0.39 is 5.54 Å². The molecule has 1 heterocycles. The fourth-order valence-corrected chi connectivity index (χ4v) is 3.84. The largest absolute Gasteiger partial charge is 0.377 e. The van der Waals surface area contributed by atoms with Gasteiger partial charge in [0.2, 0.25) is 5.89 Å². The second kappa shape index (κ2) is 7.98. The van der Waals surface area contributed by atoms with Crippen molar-refractivity contribution in [2.24, 2.45) is 0 Å². The summed E-state index contributed by atoms with van der Waals surface area (Å²) in [7, 11) is 4.01. The Morgan fingerprint density at radius 2 is 1.85 bits per heavy atom. The standard InChI is InChI=1S/C20H29N5O2/c1-14-13-16(9-10-17(14)25(3)4)22-19(26)23-20(11-7-5-6-8-12-20)18-21-15(2)27-24-18/h9-10,13H,5-8,11-12H2,1-4H3,(H2,22,23,26). The maximum absolute atomic E-state index is 12.8. The lowest BCUT2D eigenvalue weighted by Crippen LogP contribution is -2.48. The Balaban J connectivity index is 1.77. The second-order valence-electron chi connectivity index (χ2n) is 7.61. The first-order valence-corrected chi connectivity index (χ1v) is 9.57. The molecule has 27 heavy (non-hydrogen) atoms. The number of amides is 2. The molecule has 7 nitrogen and oxygen atoms in total. The Bertz CT molecular complexity index is 791. The van der Waals surface area contributed by atoms with Gasteiger partial charge >= 0.3 is 6.03 Å². The highest BCUT2D eigenvalue weighted by molar-refractivity contribution is 5.90. The lowest BCUT2D eigenvalue weighted by atomic mass is 9.89. The zero-order valence-corrected chi connectivity index (χ0v) is 16.6. The van der Waals surface area contributed by atoms with E-state index in [0.29, 0.717) is 11.7 Å². The number of hydrogen-bond donors (Lipinski definition) is 2. The molecule has 1 aromatic carbocycles. The Morgan fingerprint density at radius 3 is 2.41 bits per heavy atom. The molecule has 1 aliphatic carbocycles. The van der Waals surface area contributed by atoms with Crippen LogP contribution in [0, 0.1) is 13.8 Å². The summed E-state index contributed by atoms with van der Waals surface area (Å²) < 4.78 is 5.20. The van der Waals surface area contributed by atoms with Crippen LogP contribution >= 0.6 is 0 Å². The molecule has 7 heteroatoms. The average Bonchev–Trinajstić information content (AvgIpc) is 2.91. The summed E-state index contributed by atoms with van der Waals surface area (Å²) >= 11 is 0. The Hall–Kier alpha value is -2.57. The van der Waals surface area contributed by atoms with Gasteiger partial charge in [0.1, 0.15) is 5.54 Å². The van der Waals surface area contributed by atoms with Gasteiger partial charge in [-0.25, -0.2) is 4.79 Å². The van der Waals surface area contributed by atoms with Crippen molar-refractivity contribution in [2.75, 3.05) is 24.3 Å². The third kappa shape index (κ3) is 4.40. The summed E-state index contributed by atoms with van der Waals surface area (Å²) in [6, 6.07) is 5.67. The highest BCUT2D eigenvalue weighted by atomic mass is 16.5. The van der Waals surface area contributed by atoms with Gasteiger partial charge in [-0.2, -0.15) is 4.98 Å². The van der Waals surface area contributed by atoms with E-state index in [0.717, 1.165) is 55.5 Å². The van der Waals surface area contributed by atoms with E-state index >= 15 is 0 Å². The number of benzene rings is 1. The van der Waals surface area contributed by atoms with Crippen molar-refractivity contribution in [3.63, 3.8) is 0 Å². The van der Waals surface area contributed by atoms with E-state index in [1.165, 1.54) is 0 Å². The lowest BCUT2D eigenvalue weighted by Gasteiger charge is -2.30. The van der Waals surface area contributed by atoms with Crippen LogP contribution in [0.5, 0.6) is 0 Å². The maximum Gasteiger partial charge on any atom is 0.320 e. The van der Waals surface area contributed by atoms with Crippen molar-refractivity contribution < 1.29 is 9.32 Å². The number of anilines is 2. The van der Waals surface area contributed by atoms with E-state index in [4.69, 9.17) is 4.52 Å². The molecule has 2 amide bonds. The quantitative estimate of drug-likeness (QED) is 0.790. The van der Waals surface area contributed by atoms with Crippen molar-refractivity contribution in [3.8, 4) is 0 Å². The van der Waals surface area contributed by atoms with Gasteiger partial charge in [0.15, 0.2) is 5.82 Å². The predicted molar refractivity (Wildman–Crippen MR) is 106 cm³/mol. The van der Waals surface area contributed by atoms with Crippen LogP contribution in [0.2, 0.25) is 0 Å². The van der Waals surface area contributed by atoms with Gasteiger partial charge in [-0.3, -0.25) is 0 Å². The molecule has 0 aliphatic heterocycles. The first-order valence-electron chi connectivity index (χ1n) is 9.57. The van der Waals surface area contributed by atoms with Gasteiger partial charge in [-0.1, -0.05) is 30.8 Å². The molecule has 1 saturated carbocycles. The molecule has 2 aromatic rings. The summed E-state index contributed by atoms with van der Waals surface area (Å²) in [6.07, 6.45) is 6.02. The number of rotatable bonds is 4. The summed E-state index contributed by atoms with van der Waals surface area (Å²) in [4.78, 5) is 19.3. The van der Waals surface area contributed by atoms with Crippen molar-refractivity contribution >= 4 is 17.4 Å². The van der Waals surface area contributed by atoms with E-state index in [1.54, 1.807) is 6.92 Å². The van der Waals surface area contributed by atoms with E-state index in [1.807, 2.05) is 39.2 Å². The van der Waals surface area contributed by atoms with Crippen LogP contribution in [-0.2, 0) is 5.54 Å². The fourth-order valence-electron chi connectivity index (χ4n) is 3.84. The van der Waals surface area contributed by atoms with Gasteiger partial charge in [0.05, 0.1) is 0 Å². The molecule has 1 fully saturated rings. The Morgan fingerprint density at radius 1 is 1.15 bits per heavy atom. The number of nitrogens with zero attached hydrogens (tertiary/aromatic N) is 3. The highest BCUT2D eigenvalue weighted by Crippen LogP contribution is 2.34. The molecule has 0 radical (unpaired) electrons. The molecule has 0 saturated heterocycles. The first kappa shape index (κ1) is 19.2. The van der Waals surface area contributed by atoms with E-state index in [-0.39, 0.29) is 6.03 Å². The molecule has 0 spiro atoms. The molecule has 2 N–H and O–H groups in total. The topological polar surface area (TPSA) is 83.3 Å². The predicted octanol–water partition coefficient (Wildman–Crippen LogP) is 4.12. The zero-order chi connectivity index (χ0) is 19.4. The summed E-state index contributed by atoms with van der Waals surface area (Å²) in [5.41, 5.74) is 2.43. The van der Waals surface area contributed by atoms with Crippen molar-refractivity contribution in [3.05, 3.63) is 35.5 Å². The number of aryl methyl sites for hydroxylation is 2. The first-order chi connectivity index (χ1) is 12.9. The molecule has 0 unspecified atom stereocenters. The smallest absolute Gasteiger partial charge is 0.320 e. The van der Waals surface area contributed by atoms with Crippen LogP contribution in [0.1, 0.15) is 55.8 Å². The maximum atomic E-state index is 12.8. The molecule has 0 atom stereocenters. The SMILES string of the molecule is Cc1nc(C2(NC(=O)Nc3ccc(N(C)C)c(C)c3)CCCCCC2)no1. The van der Waals surface area contributed by atoms with E-state index in [9.17, 15) is 4.79 Å². The molecular weight excluding hydrogens is 342 g/mol. The van der Waals surface area contributed by atoms with Crippen LogP contribution < -0.4 is 15.5 Å². The van der Waals surface area contributed by atoms with Crippen molar-refractivity contribution in [2.45, 2.75) is 57.9 Å². The van der Waals surface area contributed by atoms with Crippen molar-refractivity contribution in [1.82, 2.24) is 15.5 Å². The van der Waals surface area contributed by atoms with Gasteiger partial charge < -0.3 is 20.1 Å². The van der Waals surface area contributed by atoms with Gasteiger partial charge in [-0.05, 0) is 43.5 Å². The second-order valence-corrected chi connectivity index (χ2v) is 7.61. The third-order valence-electron chi connectivity index (χ3n) is 5.20. The average molecular weight is 371 g/mol. The highest BCUT2D eigenvalue weighted by Gasteiger charge is 2.38. The van der Waals surface area contributed by atoms with Crippen LogP contribution in [0.15, 0.2) is 22.7 Å². The van der Waals surface area contributed by atoms with Gasteiger partial charge in [0.25, 0.3) is 0 Å². The molecule has 3 rings (SSSR count). The summed E-state index contributed by atoms with van der Waals surface area (Å²) in [5, 5.41) is 10.2. The minimum absolute atomic E-state index is 0.239. The monoisotopic (exact) mass is 371 g/mol. The number of nitrogens with one attached hydrogen (secondary N) is 2. The Kier molecular flexibility index (Phi) is 5.68. The number of carbonyl (C=O) groups is 1. The molecule has 1 aliphatic rings. The number of carbonyl (C=O) groups excluding carboxylic acids is 1. The van der Waals surface area contributed by atoms with Gasteiger partial charge in [0, 0.05) is 32.4 Å². The number of hydrogen-bond acceptors (Lipinski definition) is 5. The fraction of sp³-hybridized carbons (Fsp3) is 0.550. The van der Waals surface area contributed by atoms with Crippen LogP contribution in [0.4, 0.5) is 16.2 Å². The number of urea groups is 1. The minimum Gasteiger partial charge on any atom is -0.377 e. The molecule has 146 valence electrons. The number of aromatic nitrogens is 2. The van der Waals surface area contributed by atoms with Crippen LogP contribution in [0.3, 0.4) is 0 Å². The van der Waals surface area contributed by atoms with Crippen LogP contribution in [0.25, 0.3) is 0 Å². The van der Waals surface area contributed by atoms with Crippen molar-refractivity contribution in [1.29, 1.82) is 0 Å². The normalized spacial score (nSPS) is 16.4. The minimum atomic E-state index is -0.572.